The summed E-state index contributed by atoms with van der Waals surface area (Å²) < 4.78 is 0. The molecule has 2 aliphatic rings. The van der Waals surface area contributed by atoms with Crippen LogP contribution in [0.5, 0.6) is 0 Å². The highest BCUT2D eigenvalue weighted by atomic mass is 16.2. The van der Waals surface area contributed by atoms with Gasteiger partial charge in [-0.05, 0) is 57.0 Å². The molecule has 0 radical (unpaired) electrons. The van der Waals surface area contributed by atoms with E-state index in [9.17, 15) is 4.79 Å². The van der Waals surface area contributed by atoms with Crippen LogP contribution in [0.25, 0.3) is 0 Å². The molecule has 0 unspecified atom stereocenters. The summed E-state index contributed by atoms with van der Waals surface area (Å²) in [6.07, 6.45) is 4.38. The molecular formula is C15H21N3O. The van der Waals surface area contributed by atoms with E-state index in [1.54, 1.807) is 0 Å². The Morgan fingerprint density at radius 2 is 1.84 bits per heavy atom. The van der Waals surface area contributed by atoms with Gasteiger partial charge in [-0.15, -0.1) is 0 Å². The van der Waals surface area contributed by atoms with Crippen LogP contribution in [0.4, 0.5) is 11.4 Å². The van der Waals surface area contributed by atoms with Crippen LogP contribution in [0.15, 0.2) is 24.3 Å². The van der Waals surface area contributed by atoms with Crippen LogP contribution in [0.2, 0.25) is 0 Å². The molecule has 3 rings (SSSR count). The minimum atomic E-state index is 0.166. The molecule has 3 N–H and O–H groups in total. The van der Waals surface area contributed by atoms with Gasteiger partial charge in [0.05, 0.1) is 0 Å². The van der Waals surface area contributed by atoms with Crippen LogP contribution >= 0.6 is 0 Å². The van der Waals surface area contributed by atoms with Gasteiger partial charge in [-0.25, -0.2) is 0 Å². The van der Waals surface area contributed by atoms with Crippen molar-refractivity contribution in [3.05, 3.63) is 24.3 Å². The Labute approximate surface area is 114 Å². The Kier molecular flexibility index (Phi) is 3.69. The van der Waals surface area contributed by atoms with Gasteiger partial charge in [0.25, 0.3) is 0 Å². The molecule has 1 aromatic carbocycles. The van der Waals surface area contributed by atoms with Crippen molar-refractivity contribution in [1.29, 1.82) is 0 Å². The first-order valence-electron chi connectivity index (χ1n) is 7.19. The van der Waals surface area contributed by atoms with Crippen LogP contribution < -0.4 is 16.0 Å². The van der Waals surface area contributed by atoms with Crippen molar-refractivity contribution in [2.45, 2.75) is 31.7 Å². The second-order valence-corrected chi connectivity index (χ2v) is 5.51. The van der Waals surface area contributed by atoms with Crippen molar-refractivity contribution in [3.63, 3.8) is 0 Å². The second-order valence-electron chi connectivity index (χ2n) is 5.51. The number of amides is 1. The van der Waals surface area contributed by atoms with Gasteiger partial charge in [0, 0.05) is 23.3 Å². The highest BCUT2D eigenvalue weighted by Crippen LogP contribution is 2.30. The van der Waals surface area contributed by atoms with Crippen LogP contribution in [0.1, 0.15) is 25.7 Å². The average Bonchev–Trinajstić information content (AvgIpc) is 3.24. The number of benzene rings is 1. The van der Waals surface area contributed by atoms with Gasteiger partial charge in [-0.3, -0.25) is 4.79 Å². The molecule has 1 saturated carbocycles. The zero-order chi connectivity index (χ0) is 13.1. The first-order chi connectivity index (χ1) is 9.31. The van der Waals surface area contributed by atoms with E-state index in [1.807, 2.05) is 18.2 Å². The molecule has 4 heteroatoms. The molecule has 1 aromatic rings. The van der Waals surface area contributed by atoms with Gasteiger partial charge in [-0.1, -0.05) is 6.07 Å². The molecule has 2 fully saturated rings. The molecule has 19 heavy (non-hydrogen) atoms. The summed E-state index contributed by atoms with van der Waals surface area (Å²) >= 11 is 0. The maximum Gasteiger partial charge on any atom is 0.227 e. The maximum absolute atomic E-state index is 11.7. The van der Waals surface area contributed by atoms with Crippen LogP contribution in [0.3, 0.4) is 0 Å². The van der Waals surface area contributed by atoms with Crippen LogP contribution in [0, 0.1) is 5.92 Å². The van der Waals surface area contributed by atoms with Crippen molar-refractivity contribution in [2.24, 2.45) is 5.92 Å². The summed E-state index contributed by atoms with van der Waals surface area (Å²) in [5.41, 5.74) is 2.00. The third-order valence-corrected chi connectivity index (χ3v) is 3.79. The Bertz CT molecular complexity index is 450. The van der Waals surface area contributed by atoms with E-state index in [0.29, 0.717) is 6.04 Å². The highest BCUT2D eigenvalue weighted by molar-refractivity contribution is 5.94. The summed E-state index contributed by atoms with van der Waals surface area (Å²) in [4.78, 5) is 11.7. The van der Waals surface area contributed by atoms with Gasteiger partial charge in [0.2, 0.25) is 5.91 Å². The molecule has 102 valence electrons. The molecule has 4 nitrogen and oxygen atoms in total. The average molecular weight is 259 g/mol. The normalized spacial score (nSPS) is 20.0. The van der Waals surface area contributed by atoms with Gasteiger partial charge < -0.3 is 16.0 Å². The number of rotatable bonds is 4. The summed E-state index contributed by atoms with van der Waals surface area (Å²) in [5, 5.41) is 9.90. The number of piperidine rings is 1. The number of anilines is 2. The second kappa shape index (κ2) is 5.61. The molecule has 1 aliphatic heterocycles. The van der Waals surface area contributed by atoms with E-state index >= 15 is 0 Å². The number of hydrogen-bond donors (Lipinski definition) is 3. The maximum atomic E-state index is 11.7. The van der Waals surface area contributed by atoms with Crippen molar-refractivity contribution >= 4 is 17.3 Å². The fourth-order valence-corrected chi connectivity index (χ4v) is 2.48. The SMILES string of the molecule is O=C(Nc1cccc(NC2CCNCC2)c1)C1CC1. The molecule has 1 saturated heterocycles. The van der Waals surface area contributed by atoms with Crippen molar-refractivity contribution in [2.75, 3.05) is 23.7 Å². The van der Waals surface area contributed by atoms with E-state index < -0.39 is 0 Å². The van der Waals surface area contributed by atoms with Crippen LogP contribution in [-0.4, -0.2) is 25.0 Å². The molecular weight excluding hydrogens is 238 g/mol. The lowest BCUT2D eigenvalue weighted by molar-refractivity contribution is -0.117. The lowest BCUT2D eigenvalue weighted by atomic mass is 10.1. The Hall–Kier alpha value is -1.55. The van der Waals surface area contributed by atoms with E-state index in [4.69, 9.17) is 0 Å². The third-order valence-electron chi connectivity index (χ3n) is 3.79. The monoisotopic (exact) mass is 259 g/mol. The molecule has 0 atom stereocenters. The van der Waals surface area contributed by atoms with Crippen molar-refractivity contribution in [3.8, 4) is 0 Å². The predicted molar refractivity (Wildman–Crippen MR) is 77.3 cm³/mol. The highest BCUT2D eigenvalue weighted by Gasteiger charge is 2.29. The number of carbonyl (C=O) groups is 1. The van der Waals surface area contributed by atoms with Gasteiger partial charge >= 0.3 is 0 Å². The topological polar surface area (TPSA) is 53.2 Å². The Balaban J connectivity index is 1.60. The largest absolute Gasteiger partial charge is 0.382 e. The zero-order valence-electron chi connectivity index (χ0n) is 11.1. The van der Waals surface area contributed by atoms with E-state index in [-0.39, 0.29) is 11.8 Å². The van der Waals surface area contributed by atoms with Crippen molar-refractivity contribution < 1.29 is 4.79 Å². The molecule has 1 amide bonds. The first-order valence-corrected chi connectivity index (χ1v) is 7.19. The molecule has 1 aliphatic carbocycles. The molecule has 0 aromatic heterocycles. The lowest BCUT2D eigenvalue weighted by Crippen LogP contribution is -2.35. The molecule has 1 heterocycles. The summed E-state index contributed by atoms with van der Waals surface area (Å²) in [7, 11) is 0. The number of carbonyl (C=O) groups excluding carboxylic acids is 1. The Morgan fingerprint density at radius 1 is 1.11 bits per heavy atom. The van der Waals surface area contributed by atoms with E-state index in [1.165, 1.54) is 0 Å². The van der Waals surface area contributed by atoms with E-state index in [2.05, 4.69) is 22.0 Å². The summed E-state index contributed by atoms with van der Waals surface area (Å²) in [6, 6.07) is 8.58. The summed E-state index contributed by atoms with van der Waals surface area (Å²) in [6.45, 7) is 2.16. The standard InChI is InChI=1S/C15H21N3O/c19-15(11-4-5-11)18-14-3-1-2-13(10-14)17-12-6-8-16-9-7-12/h1-3,10-12,16-17H,4-9H2,(H,18,19). The lowest BCUT2D eigenvalue weighted by Gasteiger charge is -2.24. The quantitative estimate of drug-likeness (QED) is 0.777. The van der Waals surface area contributed by atoms with E-state index in [0.717, 1.165) is 50.1 Å². The van der Waals surface area contributed by atoms with Gasteiger partial charge in [0.15, 0.2) is 0 Å². The summed E-state index contributed by atoms with van der Waals surface area (Å²) in [5.74, 6) is 0.417. The molecule has 0 bridgehead atoms. The zero-order valence-corrected chi connectivity index (χ0v) is 11.1. The minimum Gasteiger partial charge on any atom is -0.382 e. The predicted octanol–water partition coefficient (Wildman–Crippen LogP) is 2.20. The van der Waals surface area contributed by atoms with Crippen LogP contribution in [-0.2, 0) is 4.79 Å². The molecule has 0 spiro atoms. The smallest absolute Gasteiger partial charge is 0.227 e. The first kappa shape index (κ1) is 12.5. The third kappa shape index (κ3) is 3.47. The fraction of sp³-hybridized carbons (Fsp3) is 0.533. The van der Waals surface area contributed by atoms with Crippen molar-refractivity contribution in [1.82, 2.24) is 5.32 Å². The number of nitrogens with one attached hydrogen (secondary N) is 3. The van der Waals surface area contributed by atoms with Gasteiger partial charge in [0.1, 0.15) is 0 Å². The van der Waals surface area contributed by atoms with Gasteiger partial charge in [-0.2, -0.15) is 0 Å². The fourth-order valence-electron chi connectivity index (χ4n) is 2.48. The number of hydrogen-bond acceptors (Lipinski definition) is 3. The minimum absolute atomic E-state index is 0.166. The Morgan fingerprint density at radius 3 is 2.58 bits per heavy atom.